The molecule has 11 rings (SSSR count). The first-order chi connectivity index (χ1) is 26.7. The van der Waals surface area contributed by atoms with E-state index < -0.39 is 5.41 Å². The van der Waals surface area contributed by atoms with Crippen LogP contribution in [-0.2, 0) is 5.41 Å². The van der Waals surface area contributed by atoms with Crippen LogP contribution in [0.4, 0.5) is 0 Å². The molecule has 0 saturated carbocycles. The van der Waals surface area contributed by atoms with E-state index in [0.717, 1.165) is 33.2 Å². The Labute approximate surface area is 318 Å². The Bertz CT molecular complexity index is 2890. The molecule has 0 radical (unpaired) electrons. The van der Waals surface area contributed by atoms with Crippen molar-refractivity contribution >= 4 is 22.5 Å². The molecule has 252 valence electrons. The van der Waals surface area contributed by atoms with E-state index in [4.69, 9.17) is 15.0 Å². The normalized spacial score (nSPS) is 13.3. The van der Waals surface area contributed by atoms with Crippen LogP contribution < -0.4 is 0 Å². The van der Waals surface area contributed by atoms with E-state index >= 15 is 0 Å². The molecule has 1 aromatic heterocycles. The maximum atomic E-state index is 5.12. The van der Waals surface area contributed by atoms with E-state index in [1.165, 1.54) is 48.6 Å². The Morgan fingerprint density at radius 2 is 0.833 bits per heavy atom. The Morgan fingerprint density at radius 3 is 1.59 bits per heavy atom. The SMILES string of the molecule is c1ccc(-c2nc(-c3cccc(-c4ccc5c(c4)C4(c6ccccc6S5)c5ccccc5-c5ccccc54)c3)nc(-c3ccc4ccccc4c3)n2)cc1. The van der Waals surface area contributed by atoms with Gasteiger partial charge in [0.2, 0.25) is 0 Å². The standard InChI is InChI=1S/C50H31N3S/c1-2-14-33(15-3-1)47-51-48(53-49(52-47)38-26-25-32-13-4-5-16-34(32)29-38)37-18-12-17-35(30-37)36-27-28-46-44(31-36)50(43-23-10-11-24-45(43)54-46)41-21-8-6-19-39(41)40-20-7-9-22-42(40)50/h1-31H. The fourth-order valence-corrected chi connectivity index (χ4v) is 9.73. The number of benzene rings is 8. The summed E-state index contributed by atoms with van der Waals surface area (Å²) in [5.74, 6) is 1.95. The Morgan fingerprint density at radius 1 is 0.315 bits per heavy atom. The maximum absolute atomic E-state index is 5.12. The van der Waals surface area contributed by atoms with E-state index in [2.05, 4.69) is 170 Å². The zero-order chi connectivity index (χ0) is 35.6. The van der Waals surface area contributed by atoms with Crippen molar-refractivity contribution in [3.63, 3.8) is 0 Å². The van der Waals surface area contributed by atoms with Crippen molar-refractivity contribution < 1.29 is 0 Å². The minimum absolute atomic E-state index is 0.425. The number of aromatic nitrogens is 3. The molecule has 9 aromatic rings. The third-order valence-electron chi connectivity index (χ3n) is 11.0. The largest absolute Gasteiger partial charge is 0.208 e. The van der Waals surface area contributed by atoms with Crippen molar-refractivity contribution in [1.82, 2.24) is 15.0 Å². The molecule has 2 heterocycles. The van der Waals surface area contributed by atoms with Gasteiger partial charge in [-0.3, -0.25) is 0 Å². The second-order valence-corrected chi connectivity index (χ2v) is 15.0. The van der Waals surface area contributed by atoms with E-state index in [1.54, 1.807) is 0 Å². The summed E-state index contributed by atoms with van der Waals surface area (Å²) in [6.07, 6.45) is 0. The summed E-state index contributed by atoms with van der Waals surface area (Å²) in [6, 6.07) is 67.5. The second kappa shape index (κ2) is 12.2. The van der Waals surface area contributed by atoms with Gasteiger partial charge in [0.05, 0.1) is 5.41 Å². The lowest BCUT2D eigenvalue weighted by Crippen LogP contribution is -2.32. The van der Waals surface area contributed by atoms with Gasteiger partial charge in [-0.15, -0.1) is 0 Å². The molecule has 3 nitrogen and oxygen atoms in total. The predicted molar refractivity (Wildman–Crippen MR) is 221 cm³/mol. The first-order valence-electron chi connectivity index (χ1n) is 18.3. The van der Waals surface area contributed by atoms with Crippen molar-refractivity contribution in [2.75, 3.05) is 0 Å². The molecule has 0 bridgehead atoms. The molecule has 0 saturated heterocycles. The first kappa shape index (κ1) is 31.0. The predicted octanol–water partition coefficient (Wildman–Crippen LogP) is 12.5. The van der Waals surface area contributed by atoms with Gasteiger partial charge in [-0.25, -0.2) is 15.0 Å². The summed E-state index contributed by atoms with van der Waals surface area (Å²) in [6.45, 7) is 0. The number of fused-ring (bicyclic) bond motifs is 10. The summed E-state index contributed by atoms with van der Waals surface area (Å²) in [5.41, 5.74) is 12.6. The van der Waals surface area contributed by atoms with E-state index in [9.17, 15) is 0 Å². The average molecular weight is 706 g/mol. The van der Waals surface area contributed by atoms with Crippen LogP contribution in [0, 0.1) is 0 Å². The zero-order valence-electron chi connectivity index (χ0n) is 29.1. The topological polar surface area (TPSA) is 38.7 Å². The Balaban J connectivity index is 1.08. The van der Waals surface area contributed by atoms with Gasteiger partial charge in [0.15, 0.2) is 17.5 Å². The highest BCUT2D eigenvalue weighted by Crippen LogP contribution is 2.62. The van der Waals surface area contributed by atoms with Crippen molar-refractivity contribution in [1.29, 1.82) is 0 Å². The van der Waals surface area contributed by atoms with Gasteiger partial charge in [-0.2, -0.15) is 0 Å². The highest BCUT2D eigenvalue weighted by Gasteiger charge is 2.50. The molecule has 0 unspecified atom stereocenters. The molecule has 2 aliphatic rings. The lowest BCUT2D eigenvalue weighted by Gasteiger charge is -2.40. The molecule has 0 amide bonds. The van der Waals surface area contributed by atoms with Crippen molar-refractivity contribution in [2.45, 2.75) is 15.2 Å². The van der Waals surface area contributed by atoms with Crippen LogP contribution in [0.3, 0.4) is 0 Å². The average Bonchev–Trinajstić information content (AvgIpc) is 3.54. The van der Waals surface area contributed by atoms with E-state index in [1.807, 2.05) is 30.0 Å². The summed E-state index contributed by atoms with van der Waals surface area (Å²) in [4.78, 5) is 17.8. The lowest BCUT2D eigenvalue weighted by atomic mass is 9.67. The van der Waals surface area contributed by atoms with Gasteiger partial charge in [0, 0.05) is 26.5 Å². The van der Waals surface area contributed by atoms with Crippen LogP contribution in [-0.4, -0.2) is 15.0 Å². The number of hydrogen-bond acceptors (Lipinski definition) is 4. The van der Waals surface area contributed by atoms with Crippen LogP contribution in [0.2, 0.25) is 0 Å². The maximum Gasteiger partial charge on any atom is 0.164 e. The van der Waals surface area contributed by atoms with Crippen molar-refractivity contribution in [3.8, 4) is 56.4 Å². The zero-order valence-corrected chi connectivity index (χ0v) is 30.0. The molecule has 1 spiro atoms. The molecule has 0 fully saturated rings. The summed E-state index contributed by atoms with van der Waals surface area (Å²) >= 11 is 1.87. The minimum Gasteiger partial charge on any atom is -0.208 e. The Kier molecular flexibility index (Phi) is 7.01. The molecule has 54 heavy (non-hydrogen) atoms. The number of hydrogen-bond donors (Lipinski definition) is 0. The van der Waals surface area contributed by atoms with Gasteiger partial charge in [-0.1, -0.05) is 169 Å². The fraction of sp³-hybridized carbons (Fsp3) is 0.0200. The fourth-order valence-electron chi connectivity index (χ4n) is 8.55. The smallest absolute Gasteiger partial charge is 0.164 e. The van der Waals surface area contributed by atoms with Gasteiger partial charge in [-0.05, 0) is 85.6 Å². The van der Waals surface area contributed by atoms with Crippen LogP contribution in [0.25, 0.3) is 67.2 Å². The van der Waals surface area contributed by atoms with Gasteiger partial charge < -0.3 is 0 Å². The second-order valence-electron chi connectivity index (χ2n) is 14.0. The van der Waals surface area contributed by atoms with Gasteiger partial charge in [0.25, 0.3) is 0 Å². The van der Waals surface area contributed by atoms with E-state index in [-0.39, 0.29) is 0 Å². The quantitative estimate of drug-likeness (QED) is 0.183. The molecular weight excluding hydrogens is 675 g/mol. The molecular formula is C50H31N3S. The van der Waals surface area contributed by atoms with Crippen molar-refractivity contribution in [3.05, 3.63) is 210 Å². The molecule has 0 atom stereocenters. The third-order valence-corrected chi connectivity index (χ3v) is 12.1. The number of rotatable bonds is 4. The van der Waals surface area contributed by atoms with Crippen LogP contribution in [0.15, 0.2) is 198 Å². The molecule has 1 aliphatic heterocycles. The highest BCUT2D eigenvalue weighted by molar-refractivity contribution is 7.99. The summed E-state index contributed by atoms with van der Waals surface area (Å²) < 4.78 is 0. The number of nitrogens with zero attached hydrogens (tertiary/aromatic N) is 3. The van der Waals surface area contributed by atoms with Crippen LogP contribution >= 0.6 is 11.8 Å². The lowest BCUT2D eigenvalue weighted by molar-refractivity contribution is 0.723. The Hall–Kier alpha value is -6.62. The van der Waals surface area contributed by atoms with Crippen LogP contribution in [0.5, 0.6) is 0 Å². The molecule has 4 heteroatoms. The van der Waals surface area contributed by atoms with Crippen LogP contribution in [0.1, 0.15) is 22.3 Å². The third kappa shape index (κ3) is 4.74. The van der Waals surface area contributed by atoms with Gasteiger partial charge >= 0.3 is 0 Å². The minimum atomic E-state index is -0.425. The monoisotopic (exact) mass is 705 g/mol. The summed E-state index contributed by atoms with van der Waals surface area (Å²) in [5, 5.41) is 2.34. The molecule has 1 aliphatic carbocycles. The molecule has 8 aromatic carbocycles. The molecule has 0 N–H and O–H groups in total. The highest BCUT2D eigenvalue weighted by atomic mass is 32.2. The summed E-state index contributed by atoms with van der Waals surface area (Å²) in [7, 11) is 0. The van der Waals surface area contributed by atoms with E-state index in [0.29, 0.717) is 17.5 Å². The first-order valence-corrected chi connectivity index (χ1v) is 19.1. The van der Waals surface area contributed by atoms with Gasteiger partial charge in [0.1, 0.15) is 0 Å². The van der Waals surface area contributed by atoms with Crippen molar-refractivity contribution in [2.24, 2.45) is 0 Å².